The topological polar surface area (TPSA) is 57.6 Å². The SMILES string of the molecule is CC1SCC(C(=O)O)N1C(=O)c1cc(F)c(Cl)cc1F. The number of carbonyl (C=O) groups excluding carboxylic acids is 1. The first-order valence-corrected chi connectivity index (χ1v) is 7.07. The van der Waals surface area contributed by atoms with Gasteiger partial charge in [0.05, 0.1) is 16.0 Å². The van der Waals surface area contributed by atoms with Gasteiger partial charge in [0.25, 0.3) is 5.91 Å². The molecule has 0 radical (unpaired) electrons. The molecular formula is C12H10ClF2NO3S. The highest BCUT2D eigenvalue weighted by atomic mass is 35.5. The molecule has 1 N–H and O–H groups in total. The number of aliphatic carboxylic acids is 1. The van der Waals surface area contributed by atoms with Crippen molar-refractivity contribution < 1.29 is 23.5 Å². The highest BCUT2D eigenvalue weighted by Gasteiger charge is 2.40. The fraction of sp³-hybridized carbons (Fsp3) is 0.333. The summed E-state index contributed by atoms with van der Waals surface area (Å²) in [7, 11) is 0. The molecule has 0 aliphatic carbocycles. The van der Waals surface area contributed by atoms with E-state index in [1.54, 1.807) is 6.92 Å². The molecule has 1 aromatic rings. The molecule has 2 atom stereocenters. The van der Waals surface area contributed by atoms with E-state index in [1.165, 1.54) is 11.8 Å². The third kappa shape index (κ3) is 2.60. The van der Waals surface area contributed by atoms with Crippen LogP contribution < -0.4 is 0 Å². The molecule has 1 aliphatic heterocycles. The van der Waals surface area contributed by atoms with Crippen LogP contribution in [0.25, 0.3) is 0 Å². The van der Waals surface area contributed by atoms with Gasteiger partial charge in [-0.3, -0.25) is 4.79 Å². The summed E-state index contributed by atoms with van der Waals surface area (Å²) in [5, 5.41) is 8.21. The lowest BCUT2D eigenvalue weighted by molar-refractivity contribution is -0.141. The van der Waals surface area contributed by atoms with Crippen molar-refractivity contribution in [2.24, 2.45) is 0 Å². The largest absolute Gasteiger partial charge is 0.480 e. The molecule has 108 valence electrons. The number of hydrogen-bond acceptors (Lipinski definition) is 3. The standard InChI is InChI=1S/C12H10ClF2NO3S/c1-5-16(10(4-20-5)12(18)19)11(17)6-2-9(15)7(13)3-8(6)14/h2-3,5,10H,4H2,1H3,(H,18,19). The van der Waals surface area contributed by atoms with E-state index in [0.717, 1.165) is 4.90 Å². The molecular weight excluding hydrogens is 312 g/mol. The van der Waals surface area contributed by atoms with E-state index in [4.69, 9.17) is 16.7 Å². The molecule has 1 amide bonds. The Labute approximate surface area is 122 Å². The van der Waals surface area contributed by atoms with Gasteiger partial charge in [-0.15, -0.1) is 11.8 Å². The van der Waals surface area contributed by atoms with E-state index >= 15 is 0 Å². The Morgan fingerprint density at radius 1 is 1.40 bits per heavy atom. The summed E-state index contributed by atoms with van der Waals surface area (Å²) in [6, 6.07) is 0.336. The van der Waals surface area contributed by atoms with Gasteiger partial charge in [-0.05, 0) is 19.1 Å². The quantitative estimate of drug-likeness (QED) is 0.851. The van der Waals surface area contributed by atoms with Gasteiger partial charge < -0.3 is 10.0 Å². The van der Waals surface area contributed by atoms with Gasteiger partial charge in [0.2, 0.25) is 0 Å². The minimum atomic E-state index is -1.18. The first-order valence-electron chi connectivity index (χ1n) is 5.64. The number of carboxylic acids is 1. The second-order valence-electron chi connectivity index (χ2n) is 4.25. The van der Waals surface area contributed by atoms with E-state index in [9.17, 15) is 18.4 Å². The molecule has 2 rings (SSSR count). The van der Waals surface area contributed by atoms with Gasteiger partial charge in [0.1, 0.15) is 17.7 Å². The summed E-state index contributed by atoms with van der Waals surface area (Å²) in [4.78, 5) is 24.4. The average molecular weight is 322 g/mol. The van der Waals surface area contributed by atoms with E-state index < -0.39 is 45.5 Å². The van der Waals surface area contributed by atoms with Gasteiger partial charge in [-0.1, -0.05) is 11.6 Å². The predicted molar refractivity (Wildman–Crippen MR) is 70.9 cm³/mol. The van der Waals surface area contributed by atoms with Crippen molar-refractivity contribution in [3.05, 3.63) is 34.4 Å². The third-order valence-electron chi connectivity index (χ3n) is 2.98. The van der Waals surface area contributed by atoms with Crippen molar-refractivity contribution in [2.45, 2.75) is 18.3 Å². The van der Waals surface area contributed by atoms with Crippen LogP contribution in [-0.2, 0) is 4.79 Å². The molecule has 8 heteroatoms. The lowest BCUT2D eigenvalue weighted by Gasteiger charge is -2.25. The Morgan fingerprint density at radius 2 is 2.05 bits per heavy atom. The molecule has 1 aliphatic rings. The zero-order valence-corrected chi connectivity index (χ0v) is 11.8. The Bertz CT molecular complexity index is 584. The first-order chi connectivity index (χ1) is 9.32. The normalized spacial score (nSPS) is 22.1. The number of hydrogen-bond donors (Lipinski definition) is 1. The maximum absolute atomic E-state index is 13.7. The number of rotatable bonds is 2. The zero-order chi connectivity index (χ0) is 15.0. The van der Waals surface area contributed by atoms with Crippen molar-refractivity contribution >= 4 is 35.2 Å². The van der Waals surface area contributed by atoms with Gasteiger partial charge in [-0.2, -0.15) is 0 Å². The van der Waals surface area contributed by atoms with Crippen LogP contribution in [0.15, 0.2) is 12.1 Å². The van der Waals surface area contributed by atoms with Gasteiger partial charge >= 0.3 is 5.97 Å². The predicted octanol–water partition coefficient (Wildman–Crippen LogP) is 2.61. The molecule has 2 unspecified atom stereocenters. The fourth-order valence-corrected chi connectivity index (χ4v) is 3.28. The monoisotopic (exact) mass is 321 g/mol. The van der Waals surface area contributed by atoms with Crippen LogP contribution in [0.3, 0.4) is 0 Å². The lowest BCUT2D eigenvalue weighted by Crippen LogP contribution is -2.45. The highest BCUT2D eigenvalue weighted by molar-refractivity contribution is 8.00. The molecule has 0 bridgehead atoms. The number of amides is 1. The number of benzene rings is 1. The summed E-state index contributed by atoms with van der Waals surface area (Å²) in [6.45, 7) is 1.63. The van der Waals surface area contributed by atoms with Crippen molar-refractivity contribution in [1.82, 2.24) is 4.90 Å². The Kier molecular flexibility index (Phi) is 4.19. The van der Waals surface area contributed by atoms with Crippen molar-refractivity contribution in [3.8, 4) is 0 Å². The molecule has 1 aromatic carbocycles. The van der Waals surface area contributed by atoms with E-state index in [-0.39, 0.29) is 5.75 Å². The minimum absolute atomic E-state index is 0.208. The Balaban J connectivity index is 2.40. The molecule has 1 saturated heterocycles. The summed E-state index contributed by atoms with van der Waals surface area (Å²) in [5.41, 5.74) is -0.521. The summed E-state index contributed by atoms with van der Waals surface area (Å²) >= 11 is 6.68. The Morgan fingerprint density at radius 3 is 2.65 bits per heavy atom. The van der Waals surface area contributed by atoms with Crippen molar-refractivity contribution in [2.75, 3.05) is 5.75 Å². The van der Waals surface area contributed by atoms with Crippen molar-refractivity contribution in [1.29, 1.82) is 0 Å². The fourth-order valence-electron chi connectivity index (χ4n) is 1.97. The first kappa shape index (κ1) is 15.1. The third-order valence-corrected chi connectivity index (χ3v) is 4.49. The van der Waals surface area contributed by atoms with Crippen LogP contribution in [0.1, 0.15) is 17.3 Å². The number of halogens is 3. The van der Waals surface area contributed by atoms with Crippen LogP contribution >= 0.6 is 23.4 Å². The molecule has 0 spiro atoms. The number of carboxylic acid groups (broad SMARTS) is 1. The zero-order valence-electron chi connectivity index (χ0n) is 10.3. The van der Waals surface area contributed by atoms with E-state index in [1.807, 2.05) is 0 Å². The molecule has 1 heterocycles. The smallest absolute Gasteiger partial charge is 0.327 e. The average Bonchev–Trinajstić information content (AvgIpc) is 2.75. The molecule has 4 nitrogen and oxygen atoms in total. The van der Waals surface area contributed by atoms with E-state index in [2.05, 4.69) is 0 Å². The second kappa shape index (κ2) is 5.57. The molecule has 1 fully saturated rings. The van der Waals surface area contributed by atoms with Crippen LogP contribution in [0, 0.1) is 11.6 Å². The highest BCUT2D eigenvalue weighted by Crippen LogP contribution is 2.31. The van der Waals surface area contributed by atoms with Gasteiger partial charge in [-0.25, -0.2) is 13.6 Å². The number of carbonyl (C=O) groups is 2. The van der Waals surface area contributed by atoms with Crippen LogP contribution in [0.4, 0.5) is 8.78 Å². The summed E-state index contributed by atoms with van der Waals surface area (Å²) in [5.74, 6) is -3.73. The van der Waals surface area contributed by atoms with Crippen molar-refractivity contribution in [3.63, 3.8) is 0 Å². The lowest BCUT2D eigenvalue weighted by atomic mass is 10.1. The maximum atomic E-state index is 13.7. The summed E-state index contributed by atoms with van der Waals surface area (Å²) in [6.07, 6.45) is 0. The molecule has 0 saturated carbocycles. The number of thioether (sulfide) groups is 1. The molecule has 20 heavy (non-hydrogen) atoms. The van der Waals surface area contributed by atoms with Crippen LogP contribution in [0.2, 0.25) is 5.02 Å². The minimum Gasteiger partial charge on any atom is -0.480 e. The van der Waals surface area contributed by atoms with Crippen LogP contribution in [-0.4, -0.2) is 39.1 Å². The molecule has 0 aromatic heterocycles. The van der Waals surface area contributed by atoms with Crippen LogP contribution in [0.5, 0.6) is 0 Å². The van der Waals surface area contributed by atoms with Gasteiger partial charge in [0.15, 0.2) is 0 Å². The van der Waals surface area contributed by atoms with Gasteiger partial charge in [0, 0.05) is 5.75 Å². The Hall–Kier alpha value is -1.34. The van der Waals surface area contributed by atoms with E-state index in [0.29, 0.717) is 12.1 Å². The second-order valence-corrected chi connectivity index (χ2v) is 6.00. The number of nitrogens with zero attached hydrogens (tertiary/aromatic N) is 1. The maximum Gasteiger partial charge on any atom is 0.327 e. The summed E-state index contributed by atoms with van der Waals surface area (Å²) < 4.78 is 27.1.